The smallest absolute Gasteiger partial charge is 0.375 e. The maximum Gasteiger partial charge on any atom is 0.418 e. The van der Waals surface area contributed by atoms with Gasteiger partial charge in [-0.25, -0.2) is 9.59 Å². The van der Waals surface area contributed by atoms with Crippen molar-refractivity contribution in [2.75, 3.05) is 0 Å². The van der Waals surface area contributed by atoms with Crippen molar-refractivity contribution in [2.24, 2.45) is 0 Å². The third-order valence-electron chi connectivity index (χ3n) is 4.85. The molecule has 2 rings (SSSR count). The monoisotopic (exact) mass is 345 g/mol. The predicted octanol–water partition coefficient (Wildman–Crippen LogP) is 5.45. The Morgan fingerprint density at radius 3 is 2.12 bits per heavy atom. The van der Waals surface area contributed by atoms with Crippen LogP contribution < -0.4 is 0 Å². The van der Waals surface area contributed by atoms with Gasteiger partial charge >= 0.3 is 12.1 Å². The summed E-state index contributed by atoms with van der Waals surface area (Å²) in [6.45, 7) is 2.67. The average Bonchev–Trinajstić information content (AvgIpc) is 2.88. The molecule has 1 aliphatic heterocycles. The SMILES string of the molecule is CCCCCCCCCCCC1C(=O)OC(=O)N1Cc1ccccc1. The van der Waals surface area contributed by atoms with Gasteiger partial charge in [-0.2, -0.15) is 0 Å². The van der Waals surface area contributed by atoms with Crippen LogP contribution in [0.25, 0.3) is 0 Å². The Bertz CT molecular complexity index is 529. The van der Waals surface area contributed by atoms with Crippen molar-refractivity contribution in [2.45, 2.75) is 83.7 Å². The first kappa shape index (κ1) is 19.5. The van der Waals surface area contributed by atoms with Gasteiger partial charge in [-0.05, 0) is 12.0 Å². The molecule has 1 amide bonds. The molecule has 1 heterocycles. The quantitative estimate of drug-likeness (QED) is 0.287. The number of unbranched alkanes of at least 4 members (excludes halogenated alkanes) is 8. The molecule has 0 radical (unpaired) electrons. The molecule has 1 saturated heterocycles. The van der Waals surface area contributed by atoms with Crippen LogP contribution in [0.1, 0.15) is 76.7 Å². The Labute approximate surface area is 151 Å². The minimum absolute atomic E-state index is 0.388. The van der Waals surface area contributed by atoms with E-state index in [1.54, 1.807) is 4.90 Å². The van der Waals surface area contributed by atoms with E-state index in [4.69, 9.17) is 4.74 Å². The number of amides is 1. The van der Waals surface area contributed by atoms with Crippen LogP contribution in [0.15, 0.2) is 30.3 Å². The molecule has 1 atom stereocenters. The maximum atomic E-state index is 12.0. The van der Waals surface area contributed by atoms with E-state index in [0.717, 1.165) is 18.4 Å². The van der Waals surface area contributed by atoms with Gasteiger partial charge in [0.15, 0.2) is 0 Å². The summed E-state index contributed by atoms with van der Waals surface area (Å²) < 4.78 is 4.84. The number of carbonyl (C=O) groups is 2. The number of hydrogen-bond acceptors (Lipinski definition) is 3. The number of ether oxygens (including phenoxy) is 1. The first-order chi connectivity index (χ1) is 12.2. The normalized spacial score (nSPS) is 17.2. The second-order valence-electron chi connectivity index (χ2n) is 6.93. The number of hydrogen-bond donors (Lipinski definition) is 0. The molecule has 138 valence electrons. The molecule has 25 heavy (non-hydrogen) atoms. The molecule has 4 nitrogen and oxygen atoms in total. The van der Waals surface area contributed by atoms with Crippen LogP contribution in [0.5, 0.6) is 0 Å². The molecule has 0 aliphatic carbocycles. The summed E-state index contributed by atoms with van der Waals surface area (Å²) in [5.41, 5.74) is 1.02. The fraction of sp³-hybridized carbons (Fsp3) is 0.619. The van der Waals surface area contributed by atoms with Gasteiger partial charge in [0.1, 0.15) is 6.04 Å². The van der Waals surface area contributed by atoms with E-state index >= 15 is 0 Å². The molecular weight excluding hydrogens is 314 g/mol. The first-order valence-electron chi connectivity index (χ1n) is 9.78. The van der Waals surface area contributed by atoms with E-state index in [2.05, 4.69) is 6.92 Å². The topological polar surface area (TPSA) is 46.6 Å². The fourth-order valence-corrected chi connectivity index (χ4v) is 3.34. The second kappa shape index (κ2) is 10.9. The summed E-state index contributed by atoms with van der Waals surface area (Å²) >= 11 is 0. The van der Waals surface area contributed by atoms with Gasteiger partial charge in [0.05, 0.1) is 0 Å². The maximum absolute atomic E-state index is 12.0. The van der Waals surface area contributed by atoms with Gasteiger partial charge in [-0.1, -0.05) is 95.0 Å². The Hall–Kier alpha value is -1.84. The zero-order chi connectivity index (χ0) is 17.9. The zero-order valence-corrected chi connectivity index (χ0v) is 15.4. The summed E-state index contributed by atoms with van der Waals surface area (Å²) in [5, 5.41) is 0. The number of esters is 1. The van der Waals surface area contributed by atoms with E-state index in [1.807, 2.05) is 30.3 Å². The van der Waals surface area contributed by atoms with Gasteiger partial charge in [-0.3, -0.25) is 4.90 Å². The summed E-state index contributed by atoms with van der Waals surface area (Å²) in [5.74, 6) is -0.388. The molecular formula is C21H31NO3. The molecule has 1 aromatic rings. The molecule has 1 fully saturated rings. The predicted molar refractivity (Wildman–Crippen MR) is 99.1 cm³/mol. The van der Waals surface area contributed by atoms with E-state index in [-0.39, 0.29) is 5.97 Å². The van der Waals surface area contributed by atoms with Gasteiger partial charge < -0.3 is 4.74 Å². The number of carbonyl (C=O) groups excluding carboxylic acids is 2. The van der Waals surface area contributed by atoms with Crippen molar-refractivity contribution >= 4 is 12.1 Å². The van der Waals surface area contributed by atoms with Gasteiger partial charge in [0.25, 0.3) is 0 Å². The number of nitrogens with zero attached hydrogens (tertiary/aromatic N) is 1. The van der Waals surface area contributed by atoms with E-state index in [1.165, 1.54) is 44.9 Å². The van der Waals surface area contributed by atoms with Gasteiger partial charge in [0, 0.05) is 6.54 Å². The van der Waals surface area contributed by atoms with Gasteiger partial charge in [0.2, 0.25) is 0 Å². The molecule has 0 bridgehead atoms. The third kappa shape index (κ3) is 6.52. The van der Waals surface area contributed by atoms with Gasteiger partial charge in [-0.15, -0.1) is 0 Å². The van der Waals surface area contributed by atoms with Crippen LogP contribution in [-0.2, 0) is 16.1 Å². The highest BCUT2D eigenvalue weighted by Gasteiger charge is 2.40. The number of rotatable bonds is 12. The van der Waals surface area contributed by atoms with E-state index in [9.17, 15) is 9.59 Å². The highest BCUT2D eigenvalue weighted by molar-refractivity contribution is 5.95. The number of cyclic esters (lactones) is 2. The Balaban J connectivity index is 1.68. The second-order valence-corrected chi connectivity index (χ2v) is 6.93. The lowest BCUT2D eigenvalue weighted by Crippen LogP contribution is -2.34. The molecule has 0 spiro atoms. The lowest BCUT2D eigenvalue weighted by Gasteiger charge is -2.19. The summed E-state index contributed by atoms with van der Waals surface area (Å²) in [6.07, 6.45) is 11.4. The van der Waals surface area contributed by atoms with Crippen molar-refractivity contribution in [3.05, 3.63) is 35.9 Å². The Morgan fingerprint density at radius 1 is 0.880 bits per heavy atom. The van der Waals surface area contributed by atoms with Crippen molar-refractivity contribution < 1.29 is 14.3 Å². The lowest BCUT2D eigenvalue weighted by atomic mass is 10.0. The van der Waals surface area contributed by atoms with E-state index in [0.29, 0.717) is 13.0 Å². The van der Waals surface area contributed by atoms with Crippen LogP contribution in [-0.4, -0.2) is 23.0 Å². The van der Waals surface area contributed by atoms with Crippen LogP contribution in [0.2, 0.25) is 0 Å². The van der Waals surface area contributed by atoms with Crippen LogP contribution in [0, 0.1) is 0 Å². The fourth-order valence-electron chi connectivity index (χ4n) is 3.34. The van der Waals surface area contributed by atoms with Crippen molar-refractivity contribution in [3.8, 4) is 0 Å². The molecule has 1 aliphatic rings. The van der Waals surface area contributed by atoms with Crippen LogP contribution in [0.3, 0.4) is 0 Å². The van der Waals surface area contributed by atoms with Crippen LogP contribution in [0.4, 0.5) is 4.79 Å². The molecule has 4 heteroatoms. The Morgan fingerprint density at radius 2 is 1.48 bits per heavy atom. The minimum Gasteiger partial charge on any atom is -0.375 e. The molecule has 1 unspecified atom stereocenters. The van der Waals surface area contributed by atoms with Crippen LogP contribution >= 0.6 is 0 Å². The Kier molecular flexibility index (Phi) is 8.50. The third-order valence-corrected chi connectivity index (χ3v) is 4.85. The first-order valence-corrected chi connectivity index (χ1v) is 9.78. The number of benzene rings is 1. The molecule has 0 aromatic heterocycles. The highest BCUT2D eigenvalue weighted by Crippen LogP contribution is 2.22. The van der Waals surface area contributed by atoms with Crippen molar-refractivity contribution in [1.29, 1.82) is 0 Å². The minimum atomic E-state index is -0.505. The highest BCUT2D eigenvalue weighted by atomic mass is 16.6. The summed E-state index contributed by atoms with van der Waals surface area (Å²) in [7, 11) is 0. The van der Waals surface area contributed by atoms with Crippen molar-refractivity contribution in [1.82, 2.24) is 4.90 Å². The standard InChI is InChI=1S/C21H31NO3/c1-2-3-4-5-6-7-8-9-13-16-19-20(23)25-21(24)22(19)17-18-14-11-10-12-15-18/h10-12,14-15,19H,2-9,13,16-17H2,1H3. The summed E-state index contributed by atoms with van der Waals surface area (Å²) in [6, 6.07) is 9.33. The molecule has 0 N–H and O–H groups in total. The zero-order valence-electron chi connectivity index (χ0n) is 15.4. The van der Waals surface area contributed by atoms with E-state index < -0.39 is 12.1 Å². The average molecular weight is 345 g/mol. The molecule has 0 saturated carbocycles. The largest absolute Gasteiger partial charge is 0.418 e. The lowest BCUT2D eigenvalue weighted by molar-refractivity contribution is -0.136. The molecule has 1 aromatic carbocycles. The summed E-state index contributed by atoms with van der Waals surface area (Å²) in [4.78, 5) is 25.5. The van der Waals surface area contributed by atoms with Crippen molar-refractivity contribution in [3.63, 3.8) is 0 Å².